The van der Waals surface area contributed by atoms with E-state index < -0.39 is 10.0 Å². The minimum atomic E-state index is -3.15. The maximum atomic E-state index is 11.5. The van der Waals surface area contributed by atoms with Gasteiger partial charge in [0.25, 0.3) is 0 Å². The van der Waals surface area contributed by atoms with E-state index in [1.54, 1.807) is 18.5 Å². The molecule has 2 atom stereocenters. The van der Waals surface area contributed by atoms with E-state index in [1.165, 1.54) is 19.1 Å². The van der Waals surface area contributed by atoms with Gasteiger partial charge in [-0.25, -0.2) is 23.1 Å². The highest BCUT2D eigenvalue weighted by atomic mass is 32.2. The molecule has 1 saturated heterocycles. The number of aromatic nitrogens is 2. The second kappa shape index (κ2) is 5.38. The summed E-state index contributed by atoms with van der Waals surface area (Å²) in [4.78, 5) is 10.7. The fraction of sp³-hybridized carbons (Fsp3) is 0.692. The van der Waals surface area contributed by atoms with Crippen LogP contribution in [0.2, 0.25) is 0 Å². The largest absolute Gasteiger partial charge is 0.294 e. The smallest absolute Gasteiger partial charge is 0.209 e. The van der Waals surface area contributed by atoms with Crippen molar-refractivity contribution in [1.29, 1.82) is 0 Å². The Morgan fingerprint density at radius 1 is 1.30 bits per heavy atom. The molecule has 0 aromatic carbocycles. The molecule has 0 amide bonds. The molecule has 1 saturated carbocycles. The van der Waals surface area contributed by atoms with Crippen molar-refractivity contribution in [3.63, 3.8) is 0 Å². The highest BCUT2D eigenvalue weighted by Gasteiger charge is 2.43. The zero-order valence-corrected chi connectivity index (χ0v) is 12.4. The summed E-state index contributed by atoms with van der Waals surface area (Å²) in [6.45, 7) is 2.36. The third kappa shape index (κ3) is 3.53. The van der Waals surface area contributed by atoms with Crippen molar-refractivity contribution >= 4 is 10.0 Å². The first kappa shape index (κ1) is 13.9. The number of likely N-dealkylation sites (tertiary alicyclic amines) is 1. The van der Waals surface area contributed by atoms with E-state index in [0.29, 0.717) is 18.4 Å². The third-order valence-electron chi connectivity index (χ3n) is 4.02. The lowest BCUT2D eigenvalue weighted by Gasteiger charge is -2.17. The van der Waals surface area contributed by atoms with Crippen molar-refractivity contribution in [3.8, 4) is 0 Å². The topological polar surface area (TPSA) is 75.2 Å². The lowest BCUT2D eigenvalue weighted by atomic mass is 9.99. The molecule has 0 bridgehead atoms. The maximum absolute atomic E-state index is 11.5. The molecule has 2 fully saturated rings. The molecule has 1 aliphatic heterocycles. The van der Waals surface area contributed by atoms with Crippen molar-refractivity contribution in [1.82, 2.24) is 19.6 Å². The molecule has 0 unspecified atom stereocenters. The highest BCUT2D eigenvalue weighted by Crippen LogP contribution is 2.41. The van der Waals surface area contributed by atoms with Crippen molar-refractivity contribution in [2.45, 2.75) is 25.4 Å². The summed E-state index contributed by atoms with van der Waals surface area (Å²) < 4.78 is 25.8. The first-order valence-electron chi connectivity index (χ1n) is 6.97. The standard InChI is InChI=1S/C13H20N4O2S/c1-20(18,19)16-12-8-17(7-11(12)10-3-4-10)9-13-14-5-2-6-15-13/h2,5-6,10-12,16H,3-4,7-9H2,1H3/t11-,12+/m1/s1. The molecule has 0 spiro atoms. The Balaban J connectivity index is 1.66. The third-order valence-corrected chi connectivity index (χ3v) is 4.75. The van der Waals surface area contributed by atoms with Gasteiger partial charge in [-0.1, -0.05) is 0 Å². The van der Waals surface area contributed by atoms with Gasteiger partial charge in [0, 0.05) is 31.5 Å². The highest BCUT2D eigenvalue weighted by molar-refractivity contribution is 7.88. The van der Waals surface area contributed by atoms with Gasteiger partial charge in [0.2, 0.25) is 10.0 Å². The summed E-state index contributed by atoms with van der Waals surface area (Å²) in [6, 6.07) is 1.83. The van der Waals surface area contributed by atoms with Crippen LogP contribution in [0, 0.1) is 11.8 Å². The molecule has 1 aromatic heterocycles. The number of nitrogens with zero attached hydrogens (tertiary/aromatic N) is 3. The molecule has 1 N–H and O–H groups in total. The number of rotatable bonds is 5. The lowest BCUT2D eigenvalue weighted by molar-refractivity contribution is 0.302. The van der Waals surface area contributed by atoms with Crippen molar-refractivity contribution in [2.24, 2.45) is 11.8 Å². The van der Waals surface area contributed by atoms with Crippen LogP contribution in [0.4, 0.5) is 0 Å². The predicted octanol–water partition coefficient (Wildman–Crippen LogP) is 0.236. The molecule has 7 heteroatoms. The second-order valence-corrected chi connectivity index (χ2v) is 7.64. The SMILES string of the molecule is CS(=O)(=O)N[C@H]1CN(Cc2ncccn2)C[C@@H]1C1CC1. The van der Waals surface area contributed by atoms with Gasteiger partial charge in [0.1, 0.15) is 5.82 Å². The quantitative estimate of drug-likeness (QED) is 0.842. The summed E-state index contributed by atoms with van der Waals surface area (Å²) in [7, 11) is -3.15. The fourth-order valence-electron chi connectivity index (χ4n) is 3.06. The van der Waals surface area contributed by atoms with Crippen LogP contribution >= 0.6 is 0 Å². The van der Waals surface area contributed by atoms with Crippen molar-refractivity contribution < 1.29 is 8.42 Å². The van der Waals surface area contributed by atoms with Crippen LogP contribution in [0.25, 0.3) is 0 Å². The maximum Gasteiger partial charge on any atom is 0.209 e. The van der Waals surface area contributed by atoms with E-state index in [0.717, 1.165) is 18.9 Å². The van der Waals surface area contributed by atoms with Gasteiger partial charge in [0.05, 0.1) is 12.8 Å². The molecule has 110 valence electrons. The summed E-state index contributed by atoms with van der Waals surface area (Å²) in [5.41, 5.74) is 0. The molecule has 0 radical (unpaired) electrons. The molecular formula is C13H20N4O2S. The molecule has 2 heterocycles. The van der Waals surface area contributed by atoms with E-state index in [9.17, 15) is 8.42 Å². The van der Waals surface area contributed by atoms with Crippen LogP contribution in [-0.4, -0.2) is 48.7 Å². The first-order chi connectivity index (χ1) is 9.51. The second-order valence-electron chi connectivity index (χ2n) is 5.86. The van der Waals surface area contributed by atoms with Crippen LogP contribution < -0.4 is 4.72 Å². The summed E-state index contributed by atoms with van der Waals surface area (Å²) in [5.74, 6) is 1.89. The number of sulfonamides is 1. The monoisotopic (exact) mass is 296 g/mol. The van der Waals surface area contributed by atoms with Gasteiger partial charge < -0.3 is 0 Å². The van der Waals surface area contributed by atoms with Crippen LogP contribution in [-0.2, 0) is 16.6 Å². The molecule has 6 nitrogen and oxygen atoms in total. The average Bonchev–Trinajstić information content (AvgIpc) is 3.13. The summed E-state index contributed by atoms with van der Waals surface area (Å²) >= 11 is 0. The summed E-state index contributed by atoms with van der Waals surface area (Å²) in [5, 5.41) is 0. The van der Waals surface area contributed by atoms with Gasteiger partial charge in [-0.05, 0) is 30.7 Å². The number of hydrogen-bond acceptors (Lipinski definition) is 5. The Kier molecular flexibility index (Phi) is 3.74. The van der Waals surface area contributed by atoms with Crippen LogP contribution in [0.5, 0.6) is 0 Å². The first-order valence-corrected chi connectivity index (χ1v) is 8.86. The molecular weight excluding hydrogens is 276 g/mol. The Morgan fingerprint density at radius 2 is 2.00 bits per heavy atom. The number of hydrogen-bond donors (Lipinski definition) is 1. The van der Waals surface area contributed by atoms with Gasteiger partial charge in [0.15, 0.2) is 0 Å². The predicted molar refractivity (Wildman–Crippen MR) is 75.3 cm³/mol. The van der Waals surface area contributed by atoms with Gasteiger partial charge >= 0.3 is 0 Å². The fourth-order valence-corrected chi connectivity index (χ4v) is 3.86. The van der Waals surface area contributed by atoms with E-state index >= 15 is 0 Å². The zero-order valence-electron chi connectivity index (χ0n) is 11.6. The minimum Gasteiger partial charge on any atom is -0.294 e. The Morgan fingerprint density at radius 3 is 2.60 bits per heavy atom. The molecule has 3 rings (SSSR count). The van der Waals surface area contributed by atoms with E-state index in [4.69, 9.17) is 0 Å². The average molecular weight is 296 g/mol. The lowest BCUT2D eigenvalue weighted by Crippen LogP contribution is -2.40. The van der Waals surface area contributed by atoms with Crippen molar-refractivity contribution in [2.75, 3.05) is 19.3 Å². The van der Waals surface area contributed by atoms with Gasteiger partial charge in [-0.2, -0.15) is 0 Å². The van der Waals surface area contributed by atoms with Gasteiger partial charge in [-0.15, -0.1) is 0 Å². The van der Waals surface area contributed by atoms with Crippen LogP contribution in [0.3, 0.4) is 0 Å². The normalized spacial score (nSPS) is 27.9. The van der Waals surface area contributed by atoms with E-state index in [-0.39, 0.29) is 6.04 Å². The molecule has 1 aliphatic carbocycles. The van der Waals surface area contributed by atoms with E-state index in [2.05, 4.69) is 19.6 Å². The van der Waals surface area contributed by atoms with Gasteiger partial charge in [-0.3, -0.25) is 4.90 Å². The summed E-state index contributed by atoms with van der Waals surface area (Å²) in [6.07, 6.45) is 7.16. The zero-order chi connectivity index (χ0) is 14.2. The van der Waals surface area contributed by atoms with E-state index in [1.807, 2.05) is 0 Å². The molecule has 1 aromatic rings. The minimum absolute atomic E-state index is 0.0289. The molecule has 2 aliphatic rings. The van der Waals surface area contributed by atoms with Crippen LogP contribution in [0.15, 0.2) is 18.5 Å². The van der Waals surface area contributed by atoms with Crippen LogP contribution in [0.1, 0.15) is 18.7 Å². The Labute approximate surface area is 119 Å². The Hall–Kier alpha value is -1.05. The Bertz CT molecular complexity index is 559. The molecule has 20 heavy (non-hydrogen) atoms. The number of nitrogens with one attached hydrogen (secondary N) is 1. The van der Waals surface area contributed by atoms with Crippen molar-refractivity contribution in [3.05, 3.63) is 24.3 Å².